The highest BCUT2D eigenvalue weighted by atomic mass is 35.5. The average Bonchev–Trinajstić information content (AvgIpc) is 2.56. The highest BCUT2D eigenvalue weighted by molar-refractivity contribution is 6.30. The molecule has 1 heterocycles. The first-order valence-corrected chi connectivity index (χ1v) is 8.16. The van der Waals surface area contributed by atoms with Gasteiger partial charge in [-0.1, -0.05) is 53.5 Å². The van der Waals surface area contributed by atoms with E-state index < -0.39 is 5.97 Å². The van der Waals surface area contributed by atoms with Crippen molar-refractivity contribution in [3.8, 4) is 0 Å². The third-order valence-corrected chi connectivity index (χ3v) is 3.36. The van der Waals surface area contributed by atoms with Gasteiger partial charge in [0.15, 0.2) is 0 Å². The maximum atomic E-state index is 11.1. The third kappa shape index (κ3) is 9.72. The summed E-state index contributed by atoms with van der Waals surface area (Å²) in [6.07, 6.45) is 0. The fourth-order valence-corrected chi connectivity index (χ4v) is 2.11. The quantitative estimate of drug-likeness (QED) is 0.781. The average molecular weight is 384 g/mol. The molecule has 1 saturated heterocycles. The van der Waals surface area contributed by atoms with Gasteiger partial charge in [-0.3, -0.25) is 9.59 Å². The molecule has 2 aromatic carbocycles. The molecule has 1 fully saturated rings. The molecule has 0 aliphatic carbocycles. The predicted molar refractivity (Wildman–Crippen MR) is 97.9 cm³/mol. The van der Waals surface area contributed by atoms with Crippen LogP contribution in [0.25, 0.3) is 0 Å². The Morgan fingerprint density at radius 1 is 1.08 bits per heavy atom. The maximum Gasteiger partial charge on any atom is 0.300 e. The number of morpholine rings is 1. The van der Waals surface area contributed by atoms with E-state index in [9.17, 15) is 4.79 Å². The van der Waals surface area contributed by atoms with E-state index in [1.54, 1.807) is 12.1 Å². The maximum absolute atomic E-state index is 11.1. The molecule has 0 aromatic heterocycles. The molecule has 0 bridgehead atoms. The molecule has 0 radical (unpaired) electrons. The van der Waals surface area contributed by atoms with Crippen LogP contribution < -0.4 is 5.32 Å². The molecule has 0 saturated carbocycles. The number of halogens is 2. The Kier molecular flexibility index (Phi) is 9.62. The van der Waals surface area contributed by atoms with Crippen LogP contribution >= 0.6 is 23.2 Å². The van der Waals surface area contributed by atoms with Crippen molar-refractivity contribution in [1.29, 1.82) is 0 Å². The van der Waals surface area contributed by atoms with Crippen LogP contribution in [-0.4, -0.2) is 30.2 Å². The van der Waals surface area contributed by atoms with E-state index in [2.05, 4.69) is 5.32 Å². The second-order valence-electron chi connectivity index (χ2n) is 5.00. The minimum Gasteiger partial charge on any atom is -0.481 e. The van der Waals surface area contributed by atoms with Crippen molar-refractivity contribution < 1.29 is 19.4 Å². The Morgan fingerprint density at radius 2 is 1.60 bits per heavy atom. The van der Waals surface area contributed by atoms with Crippen LogP contribution in [0.2, 0.25) is 10.0 Å². The van der Waals surface area contributed by atoms with E-state index in [-0.39, 0.29) is 18.6 Å². The molecule has 1 aliphatic rings. The normalized spacial score (nSPS) is 15.6. The van der Waals surface area contributed by atoms with Crippen LogP contribution in [0.3, 0.4) is 0 Å². The fourth-order valence-electron chi connectivity index (χ4n) is 1.84. The number of rotatable bonds is 1. The molecule has 2 aromatic rings. The van der Waals surface area contributed by atoms with E-state index >= 15 is 0 Å². The van der Waals surface area contributed by atoms with Crippen molar-refractivity contribution in [3.63, 3.8) is 0 Å². The number of benzene rings is 2. The van der Waals surface area contributed by atoms with Gasteiger partial charge in [0.1, 0.15) is 6.61 Å². The Labute approximate surface area is 156 Å². The first-order chi connectivity index (χ1) is 11.9. The summed E-state index contributed by atoms with van der Waals surface area (Å²) in [6.45, 7) is 1.76. The molecule has 7 heteroatoms. The first-order valence-electron chi connectivity index (χ1n) is 7.41. The number of hydrogen-bond acceptors (Lipinski definition) is 3. The van der Waals surface area contributed by atoms with Crippen molar-refractivity contribution in [2.45, 2.75) is 13.0 Å². The van der Waals surface area contributed by atoms with Crippen LogP contribution in [0.15, 0.2) is 54.6 Å². The fraction of sp³-hybridized carbons (Fsp3) is 0.222. The molecule has 0 spiro atoms. The van der Waals surface area contributed by atoms with E-state index in [1.807, 2.05) is 42.5 Å². The smallest absolute Gasteiger partial charge is 0.300 e. The second kappa shape index (κ2) is 11.5. The number of hydrogen-bond donors (Lipinski definition) is 2. The van der Waals surface area contributed by atoms with Gasteiger partial charge in [-0.05, 0) is 29.8 Å². The number of amides is 1. The van der Waals surface area contributed by atoms with Gasteiger partial charge in [0.05, 0.1) is 12.6 Å². The lowest BCUT2D eigenvalue weighted by Crippen LogP contribution is -2.39. The predicted octanol–water partition coefficient (Wildman–Crippen LogP) is 3.96. The van der Waals surface area contributed by atoms with Crippen molar-refractivity contribution >= 4 is 35.1 Å². The summed E-state index contributed by atoms with van der Waals surface area (Å²) in [5, 5.41) is 11.7. The van der Waals surface area contributed by atoms with Gasteiger partial charge < -0.3 is 15.2 Å². The molecule has 25 heavy (non-hydrogen) atoms. The highest BCUT2D eigenvalue weighted by Gasteiger charge is 2.19. The number of carbonyl (C=O) groups is 2. The summed E-state index contributed by atoms with van der Waals surface area (Å²) in [5.41, 5.74) is 1.02. The molecule has 2 N–H and O–H groups in total. The summed E-state index contributed by atoms with van der Waals surface area (Å²) < 4.78 is 5.13. The second-order valence-corrected chi connectivity index (χ2v) is 5.87. The number of nitrogens with one attached hydrogen (secondary N) is 1. The first kappa shape index (κ1) is 21.0. The van der Waals surface area contributed by atoms with Crippen molar-refractivity contribution in [3.05, 3.63) is 70.2 Å². The van der Waals surface area contributed by atoms with E-state index in [0.717, 1.165) is 17.5 Å². The van der Waals surface area contributed by atoms with E-state index in [4.69, 9.17) is 37.8 Å². The number of ether oxygens (including phenoxy) is 1. The van der Waals surface area contributed by atoms with Crippen LogP contribution in [-0.2, 0) is 14.3 Å². The molecule has 1 amide bonds. The lowest BCUT2D eigenvalue weighted by atomic mass is 10.1. The minimum absolute atomic E-state index is 0.0477. The molecule has 1 aliphatic heterocycles. The lowest BCUT2D eigenvalue weighted by molar-refractivity contribution is -0.134. The van der Waals surface area contributed by atoms with Crippen LogP contribution in [0.4, 0.5) is 0 Å². The van der Waals surface area contributed by atoms with Gasteiger partial charge in [0.2, 0.25) is 5.91 Å². The van der Waals surface area contributed by atoms with Crippen molar-refractivity contribution in [2.75, 3.05) is 13.2 Å². The minimum atomic E-state index is -0.833. The van der Waals surface area contributed by atoms with Crippen molar-refractivity contribution in [2.24, 2.45) is 0 Å². The van der Waals surface area contributed by atoms with Gasteiger partial charge in [0, 0.05) is 17.0 Å². The lowest BCUT2D eigenvalue weighted by Gasteiger charge is -2.23. The SMILES string of the molecule is CC(=O)O.Clc1ccccc1.O=C1COCC(c2ccc(Cl)cc2)N1. The summed E-state index contributed by atoms with van der Waals surface area (Å²) in [5.74, 6) is -0.906. The molecule has 134 valence electrons. The van der Waals surface area contributed by atoms with Crippen LogP contribution in [0.5, 0.6) is 0 Å². The summed E-state index contributed by atoms with van der Waals surface area (Å²) in [7, 11) is 0. The molecule has 1 unspecified atom stereocenters. The molecular weight excluding hydrogens is 365 g/mol. The number of carboxylic acid groups (broad SMARTS) is 1. The van der Waals surface area contributed by atoms with E-state index in [1.165, 1.54) is 0 Å². The Morgan fingerprint density at radius 3 is 2.04 bits per heavy atom. The third-order valence-electron chi connectivity index (χ3n) is 2.86. The monoisotopic (exact) mass is 383 g/mol. The number of aliphatic carboxylic acids is 1. The number of carbonyl (C=O) groups excluding carboxylic acids is 1. The zero-order valence-corrected chi connectivity index (χ0v) is 15.1. The van der Waals surface area contributed by atoms with Crippen molar-refractivity contribution in [1.82, 2.24) is 5.32 Å². The van der Waals surface area contributed by atoms with E-state index in [0.29, 0.717) is 11.6 Å². The largest absolute Gasteiger partial charge is 0.481 e. The van der Waals surface area contributed by atoms with Crippen LogP contribution in [0, 0.1) is 0 Å². The van der Waals surface area contributed by atoms with Gasteiger partial charge in [-0.15, -0.1) is 0 Å². The molecular formula is C18H19Cl2NO4. The van der Waals surface area contributed by atoms with Crippen LogP contribution in [0.1, 0.15) is 18.5 Å². The highest BCUT2D eigenvalue weighted by Crippen LogP contribution is 2.18. The Bertz CT molecular complexity index is 659. The molecule has 5 nitrogen and oxygen atoms in total. The summed E-state index contributed by atoms with van der Waals surface area (Å²) in [6, 6.07) is 16.8. The molecule has 1 atom stereocenters. The Balaban J connectivity index is 0.000000237. The Hall–Kier alpha value is -2.08. The zero-order chi connectivity index (χ0) is 18.7. The standard InChI is InChI=1S/C10H10ClNO2.C6H5Cl.C2H4O2/c11-8-3-1-7(2-4-8)9-5-14-6-10(13)12-9;7-6-4-2-1-3-5-6;1-2(3)4/h1-4,9H,5-6H2,(H,12,13);1-5H;1H3,(H,3,4). The van der Waals surface area contributed by atoms with Gasteiger partial charge in [-0.2, -0.15) is 0 Å². The summed E-state index contributed by atoms with van der Waals surface area (Å²) >= 11 is 11.3. The summed E-state index contributed by atoms with van der Waals surface area (Å²) in [4.78, 5) is 20.1. The molecule has 3 rings (SSSR count). The van der Waals surface area contributed by atoms with Gasteiger partial charge >= 0.3 is 0 Å². The van der Waals surface area contributed by atoms with Gasteiger partial charge in [-0.25, -0.2) is 0 Å². The zero-order valence-electron chi connectivity index (χ0n) is 13.6. The topological polar surface area (TPSA) is 75.6 Å². The van der Waals surface area contributed by atoms with Gasteiger partial charge in [0.25, 0.3) is 5.97 Å². The number of carboxylic acids is 1.